The number of nitrogens with two attached hydrogens (primary N) is 1. The molecule has 6 nitrogen and oxygen atoms in total. The smallest absolute Gasteiger partial charge is 0.242 e. The number of nitrogens with zero attached hydrogens (tertiary/aromatic N) is 1. The number of amides is 2. The van der Waals surface area contributed by atoms with E-state index in [1.807, 2.05) is 24.4 Å². The minimum absolute atomic E-state index is 0.117. The molecule has 0 radical (unpaired) electrons. The molecule has 3 rings (SSSR count). The molecule has 1 atom stereocenters. The van der Waals surface area contributed by atoms with Crippen LogP contribution in [0.3, 0.4) is 0 Å². The number of carbonyl (C=O) groups excluding carboxylic acids is 2. The summed E-state index contributed by atoms with van der Waals surface area (Å²) in [5, 5.41) is 1.66. The standard InChI is InChI=1S/C15H16ClN3O3/c16-10-2-3-12-11(5-10)9(6-18-12)1-4-14(20)19-8-22-7-13(19)15(17)21/h2-3,5-6,13,18H,1,4,7-8H2,(H2,17,21)/t13-/m0/s1. The fraction of sp³-hybridized carbons (Fsp3) is 0.333. The predicted molar refractivity (Wildman–Crippen MR) is 82.3 cm³/mol. The number of aryl methyl sites for hydroxylation is 1. The highest BCUT2D eigenvalue weighted by molar-refractivity contribution is 6.31. The van der Waals surface area contributed by atoms with E-state index in [2.05, 4.69) is 4.98 Å². The van der Waals surface area contributed by atoms with Crippen molar-refractivity contribution in [1.82, 2.24) is 9.88 Å². The van der Waals surface area contributed by atoms with Gasteiger partial charge in [-0.15, -0.1) is 0 Å². The summed E-state index contributed by atoms with van der Waals surface area (Å²) in [4.78, 5) is 28.1. The maximum Gasteiger partial charge on any atom is 0.242 e. The first-order chi connectivity index (χ1) is 10.6. The Morgan fingerprint density at radius 3 is 3.05 bits per heavy atom. The third-order valence-electron chi connectivity index (χ3n) is 3.87. The Balaban J connectivity index is 1.70. The van der Waals surface area contributed by atoms with Crippen molar-refractivity contribution in [1.29, 1.82) is 0 Å². The highest BCUT2D eigenvalue weighted by Gasteiger charge is 2.33. The lowest BCUT2D eigenvalue weighted by Crippen LogP contribution is -2.45. The van der Waals surface area contributed by atoms with Gasteiger partial charge in [-0.2, -0.15) is 0 Å². The SMILES string of the molecule is NC(=O)[C@@H]1COCN1C(=O)CCc1c[nH]c2ccc(Cl)cc12. The topological polar surface area (TPSA) is 88.4 Å². The van der Waals surface area contributed by atoms with E-state index in [9.17, 15) is 9.59 Å². The summed E-state index contributed by atoms with van der Waals surface area (Å²) in [5.74, 6) is -0.678. The van der Waals surface area contributed by atoms with Gasteiger partial charge in [0.2, 0.25) is 11.8 Å². The number of hydrogen-bond acceptors (Lipinski definition) is 3. The molecule has 2 aromatic rings. The van der Waals surface area contributed by atoms with Crippen LogP contribution < -0.4 is 5.73 Å². The molecular weight excluding hydrogens is 306 g/mol. The maximum absolute atomic E-state index is 12.3. The van der Waals surface area contributed by atoms with E-state index < -0.39 is 11.9 Å². The second-order valence-corrected chi connectivity index (χ2v) is 5.72. The number of aromatic nitrogens is 1. The Hall–Kier alpha value is -2.05. The van der Waals surface area contributed by atoms with E-state index in [1.165, 1.54) is 4.90 Å². The molecule has 1 aliphatic heterocycles. The molecule has 3 N–H and O–H groups in total. The van der Waals surface area contributed by atoms with Crippen molar-refractivity contribution >= 4 is 34.3 Å². The number of fused-ring (bicyclic) bond motifs is 1. The fourth-order valence-corrected chi connectivity index (χ4v) is 2.84. The zero-order valence-corrected chi connectivity index (χ0v) is 12.6. The van der Waals surface area contributed by atoms with Crippen LogP contribution in [0, 0.1) is 0 Å². The molecule has 1 saturated heterocycles. The van der Waals surface area contributed by atoms with E-state index in [0.29, 0.717) is 11.4 Å². The molecule has 7 heteroatoms. The monoisotopic (exact) mass is 321 g/mol. The highest BCUT2D eigenvalue weighted by atomic mass is 35.5. The van der Waals surface area contributed by atoms with E-state index in [1.54, 1.807) is 0 Å². The van der Waals surface area contributed by atoms with Crippen LogP contribution in [0.1, 0.15) is 12.0 Å². The van der Waals surface area contributed by atoms with Crippen molar-refractivity contribution in [2.45, 2.75) is 18.9 Å². The van der Waals surface area contributed by atoms with Gasteiger partial charge in [0.1, 0.15) is 12.8 Å². The Morgan fingerprint density at radius 1 is 1.45 bits per heavy atom. The average molecular weight is 322 g/mol. The van der Waals surface area contributed by atoms with Crippen LogP contribution >= 0.6 is 11.6 Å². The van der Waals surface area contributed by atoms with Crippen molar-refractivity contribution in [3.8, 4) is 0 Å². The van der Waals surface area contributed by atoms with Gasteiger partial charge in [-0.3, -0.25) is 9.59 Å². The van der Waals surface area contributed by atoms with Crippen LogP contribution in [0.4, 0.5) is 0 Å². The van der Waals surface area contributed by atoms with Crippen LogP contribution in [0.25, 0.3) is 10.9 Å². The number of hydrogen-bond donors (Lipinski definition) is 2. The van der Waals surface area contributed by atoms with Gasteiger partial charge in [-0.25, -0.2) is 0 Å². The Kier molecular flexibility index (Phi) is 4.04. The lowest BCUT2D eigenvalue weighted by Gasteiger charge is -2.19. The summed E-state index contributed by atoms with van der Waals surface area (Å²) >= 11 is 6.01. The molecule has 1 aromatic heterocycles. The number of primary amides is 1. The molecule has 0 spiro atoms. The number of rotatable bonds is 4. The Morgan fingerprint density at radius 2 is 2.27 bits per heavy atom. The van der Waals surface area contributed by atoms with Gasteiger partial charge in [0, 0.05) is 28.5 Å². The number of aromatic amines is 1. The molecule has 0 aliphatic carbocycles. The molecule has 116 valence electrons. The van der Waals surface area contributed by atoms with Crippen molar-refractivity contribution in [3.05, 3.63) is 35.0 Å². The summed E-state index contributed by atoms with van der Waals surface area (Å²) in [7, 11) is 0. The third-order valence-corrected chi connectivity index (χ3v) is 4.10. The molecule has 1 aliphatic rings. The molecule has 0 unspecified atom stereocenters. The summed E-state index contributed by atoms with van der Waals surface area (Å²) in [6.07, 6.45) is 2.72. The third kappa shape index (κ3) is 2.80. The average Bonchev–Trinajstić information content (AvgIpc) is 3.11. The molecule has 2 heterocycles. The van der Waals surface area contributed by atoms with Crippen molar-refractivity contribution < 1.29 is 14.3 Å². The molecule has 1 fully saturated rings. The Labute approximate surface area is 132 Å². The number of ether oxygens (including phenoxy) is 1. The van der Waals surface area contributed by atoms with Crippen LogP contribution in [0.15, 0.2) is 24.4 Å². The van der Waals surface area contributed by atoms with Crippen molar-refractivity contribution in [2.75, 3.05) is 13.3 Å². The second kappa shape index (κ2) is 5.98. The maximum atomic E-state index is 12.3. The van der Waals surface area contributed by atoms with Crippen molar-refractivity contribution in [3.63, 3.8) is 0 Å². The van der Waals surface area contributed by atoms with Gasteiger partial charge < -0.3 is 20.4 Å². The van der Waals surface area contributed by atoms with E-state index in [-0.39, 0.29) is 25.7 Å². The van der Waals surface area contributed by atoms with Gasteiger partial charge in [-0.05, 0) is 30.2 Å². The van der Waals surface area contributed by atoms with Crippen LogP contribution in [0.5, 0.6) is 0 Å². The van der Waals surface area contributed by atoms with E-state index in [4.69, 9.17) is 22.1 Å². The minimum atomic E-state index is -0.662. The van der Waals surface area contributed by atoms with Gasteiger partial charge >= 0.3 is 0 Å². The number of H-pyrrole nitrogens is 1. The summed E-state index contributed by atoms with van der Waals surface area (Å²) in [6.45, 7) is 0.288. The van der Waals surface area contributed by atoms with Gasteiger partial charge in [-0.1, -0.05) is 11.6 Å². The normalized spacial score (nSPS) is 18.0. The number of benzene rings is 1. The Bertz CT molecular complexity index is 728. The lowest BCUT2D eigenvalue weighted by molar-refractivity contribution is -0.137. The first-order valence-corrected chi connectivity index (χ1v) is 7.36. The summed E-state index contributed by atoms with van der Waals surface area (Å²) in [6, 6.07) is 4.93. The van der Waals surface area contributed by atoms with E-state index >= 15 is 0 Å². The van der Waals surface area contributed by atoms with Crippen LogP contribution in [-0.2, 0) is 20.7 Å². The number of halogens is 1. The summed E-state index contributed by atoms with van der Waals surface area (Å²) in [5.41, 5.74) is 7.27. The van der Waals surface area contributed by atoms with Crippen LogP contribution in [0.2, 0.25) is 5.02 Å². The zero-order valence-electron chi connectivity index (χ0n) is 11.8. The first-order valence-electron chi connectivity index (χ1n) is 6.98. The molecule has 0 bridgehead atoms. The molecule has 1 aromatic carbocycles. The van der Waals surface area contributed by atoms with Gasteiger partial charge in [0.25, 0.3) is 0 Å². The molecular formula is C15H16ClN3O3. The highest BCUT2D eigenvalue weighted by Crippen LogP contribution is 2.24. The lowest BCUT2D eigenvalue weighted by atomic mass is 10.1. The second-order valence-electron chi connectivity index (χ2n) is 5.29. The van der Waals surface area contributed by atoms with Crippen LogP contribution in [-0.4, -0.2) is 41.1 Å². The molecule has 2 amide bonds. The largest absolute Gasteiger partial charge is 0.368 e. The quantitative estimate of drug-likeness (QED) is 0.892. The fourth-order valence-electron chi connectivity index (χ4n) is 2.67. The number of nitrogens with one attached hydrogen (secondary N) is 1. The predicted octanol–water partition coefficient (Wildman–Crippen LogP) is 1.42. The minimum Gasteiger partial charge on any atom is -0.368 e. The van der Waals surface area contributed by atoms with E-state index in [0.717, 1.165) is 16.5 Å². The summed E-state index contributed by atoms with van der Waals surface area (Å²) < 4.78 is 5.16. The van der Waals surface area contributed by atoms with Gasteiger partial charge in [0.15, 0.2) is 0 Å². The molecule has 0 saturated carbocycles. The zero-order chi connectivity index (χ0) is 15.7. The first kappa shape index (κ1) is 14.9. The molecule has 22 heavy (non-hydrogen) atoms. The van der Waals surface area contributed by atoms with Gasteiger partial charge in [0.05, 0.1) is 6.61 Å². The van der Waals surface area contributed by atoms with Crippen molar-refractivity contribution in [2.24, 2.45) is 5.73 Å². The number of carbonyl (C=O) groups is 2.